The zero-order valence-electron chi connectivity index (χ0n) is 32.5. The first-order valence-corrected chi connectivity index (χ1v) is 23.2. The van der Waals surface area contributed by atoms with Crippen molar-refractivity contribution < 1.29 is 27.2 Å². The molecule has 3 atom stereocenters. The molecule has 0 heterocycles. The van der Waals surface area contributed by atoms with Gasteiger partial charge in [0.05, 0.1) is 24.9 Å². The van der Waals surface area contributed by atoms with Gasteiger partial charge >= 0.3 is 0 Å². The Kier molecular flexibility index (Phi) is 19.6. The molecule has 1 aromatic carbocycles. The van der Waals surface area contributed by atoms with E-state index in [0.717, 1.165) is 36.0 Å². The molecule has 0 bridgehead atoms. The minimum Gasteiger partial charge on any atom is -0.411 e. The second-order valence-electron chi connectivity index (χ2n) is 16.4. The van der Waals surface area contributed by atoms with Crippen LogP contribution in [0.25, 0.3) is 0 Å². The fourth-order valence-corrected chi connectivity index (χ4v) is 8.76. The van der Waals surface area contributed by atoms with E-state index in [9.17, 15) is 18.6 Å². The molecule has 0 aliphatic rings. The first-order valence-electron chi connectivity index (χ1n) is 18.9. The number of unbranched alkanes of at least 4 members (excludes halogenated alkanes) is 9. The molecule has 276 valence electrons. The number of hydrogen-bond acceptors (Lipinski definition) is 6. The minimum atomic E-state index is -4.11. The summed E-state index contributed by atoms with van der Waals surface area (Å²) >= 11 is 0. The van der Waals surface area contributed by atoms with Gasteiger partial charge in [0.15, 0.2) is 8.32 Å². The van der Waals surface area contributed by atoms with E-state index >= 15 is 0 Å². The number of benzene rings is 1. The summed E-state index contributed by atoms with van der Waals surface area (Å²) < 4.78 is 39.5. The van der Waals surface area contributed by atoms with Gasteiger partial charge in [-0.1, -0.05) is 146 Å². The molecule has 0 unspecified atom stereocenters. The van der Waals surface area contributed by atoms with Crippen molar-refractivity contribution in [1.82, 2.24) is 0 Å². The summed E-state index contributed by atoms with van der Waals surface area (Å²) in [5.74, 6) is 0.256. The van der Waals surface area contributed by atoms with Crippen LogP contribution in [0.1, 0.15) is 187 Å². The minimum absolute atomic E-state index is 0.00646. The fraction of sp³-hybridized carbons (Fsp3) is 0.846. The van der Waals surface area contributed by atoms with Crippen LogP contribution in [0.15, 0.2) is 17.0 Å². The van der Waals surface area contributed by atoms with Crippen LogP contribution < -0.4 is 0 Å². The lowest BCUT2D eigenvalue weighted by Gasteiger charge is -2.40. The largest absolute Gasteiger partial charge is 0.411 e. The Morgan fingerprint density at radius 2 is 1.19 bits per heavy atom. The first kappa shape index (κ1) is 44.2. The average Bonchev–Trinajstić information content (AvgIpc) is 2.97. The smallest absolute Gasteiger partial charge is 0.297 e. The maximum absolute atomic E-state index is 13.6. The van der Waals surface area contributed by atoms with Gasteiger partial charge in [0.1, 0.15) is 4.90 Å². The molecule has 0 aliphatic heterocycles. The number of hydrogen-bond donors (Lipinski definition) is 2. The lowest BCUT2D eigenvalue weighted by molar-refractivity contribution is 0.00365. The molecule has 0 aliphatic carbocycles. The highest BCUT2D eigenvalue weighted by atomic mass is 32.2. The summed E-state index contributed by atoms with van der Waals surface area (Å²) in [7, 11) is -6.24. The Labute approximate surface area is 292 Å². The molecule has 8 heteroatoms. The van der Waals surface area contributed by atoms with Crippen molar-refractivity contribution in [1.29, 1.82) is 0 Å². The van der Waals surface area contributed by atoms with E-state index in [1.54, 1.807) is 0 Å². The van der Waals surface area contributed by atoms with Crippen molar-refractivity contribution >= 4 is 18.4 Å². The van der Waals surface area contributed by atoms with E-state index in [2.05, 4.69) is 54.6 Å². The summed E-state index contributed by atoms with van der Waals surface area (Å²) in [6.45, 7) is 25.1. The van der Waals surface area contributed by atoms with Gasteiger partial charge in [-0.2, -0.15) is 8.42 Å². The lowest BCUT2D eigenvalue weighted by atomic mass is 9.89. The Morgan fingerprint density at radius 3 is 1.62 bits per heavy atom. The van der Waals surface area contributed by atoms with Crippen LogP contribution in [-0.4, -0.2) is 51.9 Å². The second kappa shape index (κ2) is 20.8. The summed E-state index contributed by atoms with van der Waals surface area (Å²) in [6.07, 6.45) is 11.8. The molecule has 0 aromatic heterocycles. The Bertz CT molecular complexity index is 1090. The molecule has 0 radical (unpaired) electrons. The third kappa shape index (κ3) is 15.3. The zero-order valence-corrected chi connectivity index (χ0v) is 34.3. The van der Waals surface area contributed by atoms with Crippen molar-refractivity contribution in [2.45, 2.75) is 212 Å². The van der Waals surface area contributed by atoms with Gasteiger partial charge in [-0.05, 0) is 71.8 Å². The van der Waals surface area contributed by atoms with E-state index < -0.39 is 30.6 Å². The molecule has 0 spiro atoms. The first-order chi connectivity index (χ1) is 21.7. The van der Waals surface area contributed by atoms with E-state index in [0.29, 0.717) is 6.42 Å². The van der Waals surface area contributed by atoms with Crippen LogP contribution in [-0.2, 0) is 18.7 Å². The third-order valence-electron chi connectivity index (χ3n) is 10.1. The van der Waals surface area contributed by atoms with Crippen molar-refractivity contribution in [2.75, 3.05) is 6.61 Å². The van der Waals surface area contributed by atoms with Crippen molar-refractivity contribution in [2.24, 2.45) is 0 Å². The lowest BCUT2D eigenvalue weighted by Crippen LogP contribution is -2.47. The predicted octanol–water partition coefficient (Wildman–Crippen LogP) is 11.0. The molecule has 0 saturated carbocycles. The van der Waals surface area contributed by atoms with Crippen LogP contribution in [0.4, 0.5) is 0 Å². The highest BCUT2D eigenvalue weighted by Gasteiger charge is 2.40. The van der Waals surface area contributed by atoms with Crippen LogP contribution >= 0.6 is 0 Å². The summed E-state index contributed by atoms with van der Waals surface area (Å²) in [4.78, 5) is 0.235. The maximum Gasteiger partial charge on any atom is 0.297 e. The molecule has 0 fully saturated rings. The quantitative estimate of drug-likeness (QED) is 0.0634. The number of aliphatic hydroxyl groups is 2. The summed E-state index contributed by atoms with van der Waals surface area (Å²) in [6, 6.07) is 3.98. The molecular formula is C39H74O6SSi. The molecular weight excluding hydrogens is 625 g/mol. The predicted molar refractivity (Wildman–Crippen MR) is 202 cm³/mol. The number of aliphatic hydroxyl groups excluding tert-OH is 2. The van der Waals surface area contributed by atoms with E-state index in [4.69, 9.17) is 8.61 Å². The van der Waals surface area contributed by atoms with Gasteiger partial charge in [0.25, 0.3) is 10.1 Å². The topological polar surface area (TPSA) is 93.1 Å². The molecule has 0 saturated heterocycles. The van der Waals surface area contributed by atoms with Gasteiger partial charge in [-0.3, -0.25) is 4.18 Å². The molecule has 1 aromatic rings. The fourth-order valence-electron chi connectivity index (χ4n) is 5.76. The summed E-state index contributed by atoms with van der Waals surface area (Å²) in [5.41, 5.74) is 2.61. The Morgan fingerprint density at radius 1 is 0.723 bits per heavy atom. The Hall–Kier alpha value is -0.773. The highest BCUT2D eigenvalue weighted by Crippen LogP contribution is 2.39. The highest BCUT2D eigenvalue weighted by molar-refractivity contribution is 7.86. The van der Waals surface area contributed by atoms with Crippen LogP contribution in [0.5, 0.6) is 0 Å². The van der Waals surface area contributed by atoms with Crippen LogP contribution in [0.2, 0.25) is 18.1 Å². The second-order valence-corrected chi connectivity index (χ2v) is 22.7. The summed E-state index contributed by atoms with van der Waals surface area (Å²) in [5, 5.41) is 22.2. The maximum atomic E-state index is 13.6. The van der Waals surface area contributed by atoms with Gasteiger partial charge < -0.3 is 14.6 Å². The van der Waals surface area contributed by atoms with Gasteiger partial charge in [-0.25, -0.2) is 0 Å². The van der Waals surface area contributed by atoms with Crippen molar-refractivity contribution in [3.8, 4) is 0 Å². The van der Waals surface area contributed by atoms with Crippen LogP contribution in [0, 0.1) is 0 Å². The molecule has 47 heavy (non-hydrogen) atoms. The molecule has 1 rings (SSSR count). The normalized spacial score (nSPS) is 15.2. The molecule has 2 N–H and O–H groups in total. The zero-order chi connectivity index (χ0) is 36.0. The standard InChI is InChI=1S/C39H74O6SSi/c1-13-14-15-16-17-18-19-20-21-22-23-37(45-47(11,12)39(8,9)10)36(41)25-24-33(40)28-44-46(42,43)38-34(30(4)5)26-32(29(2)3)27-35(38)31(6)7/h26-27,29-31,33,36-37,40-41H,13-25,28H2,1-12H3/t33-,36+,37+/m0/s1. The third-order valence-corrected chi connectivity index (χ3v) is 16.0. The SMILES string of the molecule is CCCCCCCCCCCC[C@@H](O[Si](C)(C)C(C)(C)C)[C@H](O)CC[C@H](O)COS(=O)(=O)c1c(C(C)C)cc(C(C)C)cc1C(C)C. The van der Waals surface area contributed by atoms with Gasteiger partial charge in [-0.15, -0.1) is 0 Å². The van der Waals surface area contributed by atoms with Crippen molar-refractivity contribution in [3.05, 3.63) is 28.8 Å². The number of rotatable bonds is 24. The van der Waals surface area contributed by atoms with Crippen LogP contribution in [0.3, 0.4) is 0 Å². The average molecular weight is 699 g/mol. The monoisotopic (exact) mass is 698 g/mol. The van der Waals surface area contributed by atoms with E-state index in [1.807, 2.05) is 39.8 Å². The molecule has 0 amide bonds. The van der Waals surface area contributed by atoms with Gasteiger partial charge in [0.2, 0.25) is 0 Å². The molecule has 6 nitrogen and oxygen atoms in total. The van der Waals surface area contributed by atoms with Crippen molar-refractivity contribution in [3.63, 3.8) is 0 Å². The van der Waals surface area contributed by atoms with E-state index in [1.165, 1.54) is 51.4 Å². The van der Waals surface area contributed by atoms with E-state index in [-0.39, 0.29) is 46.8 Å². The van der Waals surface area contributed by atoms with Gasteiger partial charge in [0, 0.05) is 0 Å². The Balaban J connectivity index is 2.88.